The Kier molecular flexibility index (Phi) is 5.25. The fourth-order valence-corrected chi connectivity index (χ4v) is 2.65. The van der Waals surface area contributed by atoms with Crippen molar-refractivity contribution in [3.63, 3.8) is 0 Å². The van der Waals surface area contributed by atoms with Crippen molar-refractivity contribution < 1.29 is 17.9 Å². The van der Waals surface area contributed by atoms with Crippen molar-refractivity contribution in [2.24, 2.45) is 0 Å². The highest BCUT2D eigenvalue weighted by molar-refractivity contribution is 6.33. The smallest absolute Gasteiger partial charge is 0.361 e. The summed E-state index contributed by atoms with van der Waals surface area (Å²) in [5.41, 5.74) is -0.909. The van der Waals surface area contributed by atoms with Crippen molar-refractivity contribution in [1.82, 2.24) is 4.57 Å². The monoisotopic (exact) mass is 362 g/mol. The number of nitrogens with zero attached hydrogens (tertiary/aromatic N) is 2. The van der Waals surface area contributed by atoms with E-state index in [4.69, 9.17) is 27.9 Å². The van der Waals surface area contributed by atoms with Gasteiger partial charge in [-0.05, 0) is 24.6 Å². The Balaban J connectivity index is 2.77. The molecule has 3 nitrogen and oxygen atoms in total. The molecule has 1 aromatic carbocycles. The number of ether oxygens (including phenoxy) is 1. The molecular formula is C15H11Cl2F3N2O. The van der Waals surface area contributed by atoms with Gasteiger partial charge in [0.15, 0.2) is 0 Å². The second-order valence-electron chi connectivity index (χ2n) is 4.55. The lowest BCUT2D eigenvalue weighted by atomic mass is 10.1. The van der Waals surface area contributed by atoms with Crippen LogP contribution >= 0.6 is 23.2 Å². The lowest BCUT2D eigenvalue weighted by molar-refractivity contribution is -0.145. The summed E-state index contributed by atoms with van der Waals surface area (Å²) in [6, 6.07) is 7.85. The van der Waals surface area contributed by atoms with Crippen molar-refractivity contribution in [2.75, 3.05) is 6.61 Å². The Morgan fingerprint density at radius 1 is 1.22 bits per heavy atom. The van der Waals surface area contributed by atoms with Crippen LogP contribution in [-0.2, 0) is 17.6 Å². The Morgan fingerprint density at radius 2 is 1.83 bits per heavy atom. The Morgan fingerprint density at radius 3 is 2.30 bits per heavy atom. The first-order valence-electron chi connectivity index (χ1n) is 6.54. The second-order valence-corrected chi connectivity index (χ2v) is 5.37. The van der Waals surface area contributed by atoms with Crippen LogP contribution in [0.2, 0.25) is 10.0 Å². The standard InChI is InChI=1S/C15H11Cl2F3N2O/c1-2-23-8-22-13(9-3-5-10(16)6-4-9)11(7-21)12(17)14(22)15(18,19)20/h3-6H,2,8H2,1H3. The lowest BCUT2D eigenvalue weighted by Crippen LogP contribution is -2.16. The zero-order chi connectivity index (χ0) is 17.2. The van der Waals surface area contributed by atoms with E-state index < -0.39 is 16.9 Å². The van der Waals surface area contributed by atoms with E-state index in [1.54, 1.807) is 13.0 Å². The lowest BCUT2D eigenvalue weighted by Gasteiger charge is -2.15. The molecule has 0 N–H and O–H groups in total. The molecule has 0 aliphatic carbocycles. The summed E-state index contributed by atoms with van der Waals surface area (Å²) in [5.74, 6) is 0. The summed E-state index contributed by atoms with van der Waals surface area (Å²) in [4.78, 5) is 0. The van der Waals surface area contributed by atoms with Crippen LogP contribution in [0, 0.1) is 11.3 Å². The van der Waals surface area contributed by atoms with E-state index in [1.807, 2.05) is 0 Å². The molecule has 0 saturated carbocycles. The van der Waals surface area contributed by atoms with Gasteiger partial charge in [-0.25, -0.2) is 0 Å². The van der Waals surface area contributed by atoms with Crippen LogP contribution in [0.4, 0.5) is 13.2 Å². The van der Waals surface area contributed by atoms with Gasteiger partial charge < -0.3 is 9.30 Å². The molecule has 2 aromatic rings. The second kappa shape index (κ2) is 6.83. The molecule has 122 valence electrons. The van der Waals surface area contributed by atoms with Gasteiger partial charge in [-0.3, -0.25) is 0 Å². The number of rotatable bonds is 4. The van der Waals surface area contributed by atoms with Gasteiger partial charge in [0.25, 0.3) is 0 Å². The average Bonchev–Trinajstić information content (AvgIpc) is 2.77. The van der Waals surface area contributed by atoms with Crippen LogP contribution < -0.4 is 0 Å². The third-order valence-corrected chi connectivity index (χ3v) is 3.75. The molecule has 1 aromatic heterocycles. The first-order valence-corrected chi connectivity index (χ1v) is 7.29. The van der Waals surface area contributed by atoms with Crippen molar-refractivity contribution in [3.8, 4) is 17.3 Å². The molecule has 23 heavy (non-hydrogen) atoms. The highest BCUT2D eigenvalue weighted by Crippen LogP contribution is 2.43. The SMILES string of the molecule is CCOCn1c(-c2ccc(Cl)cc2)c(C#N)c(Cl)c1C(F)(F)F. The van der Waals surface area contributed by atoms with Crippen LogP contribution in [0.5, 0.6) is 0 Å². The molecular weight excluding hydrogens is 352 g/mol. The van der Waals surface area contributed by atoms with Crippen molar-refractivity contribution >= 4 is 23.2 Å². The van der Waals surface area contributed by atoms with E-state index in [9.17, 15) is 18.4 Å². The molecule has 0 saturated heterocycles. The first-order chi connectivity index (χ1) is 10.8. The predicted molar refractivity (Wildman–Crippen MR) is 81.2 cm³/mol. The fraction of sp³-hybridized carbons (Fsp3) is 0.267. The molecule has 0 radical (unpaired) electrons. The Labute approximate surface area is 140 Å². The van der Waals surface area contributed by atoms with Crippen LogP contribution in [0.25, 0.3) is 11.3 Å². The number of aromatic nitrogens is 1. The minimum absolute atomic E-state index is 0.0509. The van der Waals surface area contributed by atoms with E-state index in [2.05, 4.69) is 0 Å². The number of nitriles is 1. The molecule has 0 spiro atoms. The highest BCUT2D eigenvalue weighted by Gasteiger charge is 2.41. The van der Waals surface area contributed by atoms with E-state index in [0.29, 0.717) is 10.6 Å². The van der Waals surface area contributed by atoms with Crippen molar-refractivity contribution in [3.05, 3.63) is 45.6 Å². The number of benzene rings is 1. The van der Waals surface area contributed by atoms with Crippen LogP contribution in [0.15, 0.2) is 24.3 Å². The molecule has 0 atom stereocenters. The minimum Gasteiger partial charge on any atom is -0.361 e. The van der Waals surface area contributed by atoms with Gasteiger partial charge >= 0.3 is 6.18 Å². The largest absolute Gasteiger partial charge is 0.433 e. The number of halogens is 5. The third-order valence-electron chi connectivity index (χ3n) is 3.13. The summed E-state index contributed by atoms with van der Waals surface area (Å²) >= 11 is 11.6. The maximum Gasteiger partial charge on any atom is 0.433 e. The van der Waals surface area contributed by atoms with Crippen LogP contribution in [0.3, 0.4) is 0 Å². The third kappa shape index (κ3) is 3.47. The van der Waals surface area contributed by atoms with Gasteiger partial charge in [0.2, 0.25) is 0 Å². The average molecular weight is 363 g/mol. The molecule has 1 heterocycles. The summed E-state index contributed by atoms with van der Waals surface area (Å²) in [6.45, 7) is 1.51. The summed E-state index contributed by atoms with van der Waals surface area (Å²) in [5, 5.41) is 9.06. The van der Waals surface area contributed by atoms with Crippen LogP contribution in [0.1, 0.15) is 18.2 Å². The summed E-state index contributed by atoms with van der Waals surface area (Å²) < 4.78 is 46.1. The number of hydrogen-bond acceptors (Lipinski definition) is 2. The number of hydrogen-bond donors (Lipinski definition) is 0. The van der Waals surface area contributed by atoms with E-state index in [0.717, 1.165) is 4.57 Å². The first kappa shape index (κ1) is 17.7. The van der Waals surface area contributed by atoms with Gasteiger partial charge in [0.05, 0.1) is 16.3 Å². The summed E-state index contributed by atoms with van der Waals surface area (Å²) in [6.07, 6.45) is -4.72. The predicted octanol–water partition coefficient (Wildman–Crippen LogP) is 5.35. The maximum atomic E-state index is 13.4. The number of alkyl halides is 3. The quantitative estimate of drug-likeness (QED) is 0.735. The van der Waals surface area contributed by atoms with Crippen molar-refractivity contribution in [2.45, 2.75) is 19.8 Å². The van der Waals surface area contributed by atoms with Crippen LogP contribution in [-0.4, -0.2) is 11.2 Å². The normalized spacial score (nSPS) is 11.5. The van der Waals surface area contributed by atoms with E-state index in [1.165, 1.54) is 24.3 Å². The molecule has 0 bridgehead atoms. The zero-order valence-corrected chi connectivity index (χ0v) is 13.4. The molecule has 0 fully saturated rings. The topological polar surface area (TPSA) is 38.0 Å². The minimum atomic E-state index is -4.72. The van der Waals surface area contributed by atoms with Gasteiger partial charge in [-0.2, -0.15) is 18.4 Å². The maximum absolute atomic E-state index is 13.4. The van der Waals surface area contributed by atoms with Gasteiger partial charge in [-0.1, -0.05) is 35.3 Å². The molecule has 0 aliphatic rings. The Bertz CT molecular complexity index is 746. The zero-order valence-electron chi connectivity index (χ0n) is 11.9. The molecule has 2 rings (SSSR count). The van der Waals surface area contributed by atoms with E-state index >= 15 is 0 Å². The van der Waals surface area contributed by atoms with Gasteiger partial charge in [0.1, 0.15) is 18.5 Å². The molecule has 8 heteroatoms. The molecule has 0 amide bonds. The fourth-order valence-electron chi connectivity index (χ4n) is 2.19. The molecule has 0 unspecified atom stereocenters. The Hall–Kier alpha value is -1.68. The summed E-state index contributed by atoms with van der Waals surface area (Å²) in [7, 11) is 0. The van der Waals surface area contributed by atoms with Gasteiger partial charge in [0, 0.05) is 11.6 Å². The highest BCUT2D eigenvalue weighted by atomic mass is 35.5. The molecule has 0 aliphatic heterocycles. The van der Waals surface area contributed by atoms with E-state index in [-0.39, 0.29) is 24.6 Å². The van der Waals surface area contributed by atoms with Crippen molar-refractivity contribution in [1.29, 1.82) is 5.26 Å². The van der Waals surface area contributed by atoms with Gasteiger partial charge in [-0.15, -0.1) is 0 Å².